The van der Waals surface area contributed by atoms with E-state index < -0.39 is 8.07 Å². The number of benzene rings is 3. The van der Waals surface area contributed by atoms with E-state index >= 15 is 0 Å². The van der Waals surface area contributed by atoms with Gasteiger partial charge in [0.15, 0.2) is 0 Å². The van der Waals surface area contributed by atoms with E-state index in [1.807, 2.05) is 0 Å². The molecule has 0 radical (unpaired) electrons. The highest BCUT2D eigenvalue weighted by Crippen LogP contribution is 2.40. The number of hydrogen-bond acceptors (Lipinski definition) is 4. The summed E-state index contributed by atoms with van der Waals surface area (Å²) in [5.74, 6) is 0. The van der Waals surface area contributed by atoms with Crippen LogP contribution in [0.2, 0.25) is 19.6 Å². The molecule has 6 rings (SSSR count). The van der Waals surface area contributed by atoms with Gasteiger partial charge in [0, 0.05) is 26.9 Å². The number of pyridine rings is 1. The number of hydrogen-bond donors (Lipinski definition) is 0. The first-order valence-electron chi connectivity index (χ1n) is 11.9. The van der Waals surface area contributed by atoms with Crippen molar-refractivity contribution in [1.82, 2.24) is 15.0 Å². The van der Waals surface area contributed by atoms with Crippen LogP contribution in [0.4, 0.5) is 0 Å². The molecule has 0 amide bonds. The minimum absolute atomic E-state index is 0.988. The summed E-state index contributed by atoms with van der Waals surface area (Å²) in [6, 6.07) is 24.3. The van der Waals surface area contributed by atoms with Gasteiger partial charge in [0.05, 0.1) is 29.7 Å². The van der Waals surface area contributed by atoms with Gasteiger partial charge in [0.1, 0.15) is 6.33 Å². The van der Waals surface area contributed by atoms with Gasteiger partial charge >= 0.3 is 0 Å². The van der Waals surface area contributed by atoms with Gasteiger partial charge in [-0.3, -0.25) is 4.98 Å². The Morgan fingerprint density at radius 2 is 1.63 bits per heavy atom. The highest BCUT2D eigenvalue weighted by Gasteiger charge is 2.20. The minimum atomic E-state index is -1.40. The Hall–Kier alpha value is -3.41. The molecule has 0 spiro atoms. The quantitative estimate of drug-likeness (QED) is 0.237. The third kappa shape index (κ3) is 3.85. The molecule has 0 fully saturated rings. The zero-order valence-corrected chi connectivity index (χ0v) is 22.5. The average Bonchev–Trinajstić information content (AvgIpc) is 3.20. The minimum Gasteiger partial charge on any atom is -0.253 e. The van der Waals surface area contributed by atoms with Crippen molar-refractivity contribution >= 4 is 55.7 Å². The first kappa shape index (κ1) is 22.1. The molecule has 35 heavy (non-hydrogen) atoms. The van der Waals surface area contributed by atoms with Crippen molar-refractivity contribution in [2.75, 3.05) is 0 Å². The second-order valence-corrected chi connectivity index (χ2v) is 16.5. The maximum Gasteiger partial charge on any atom is 0.116 e. The number of nitrogens with zero attached hydrogens (tertiary/aromatic N) is 3. The topological polar surface area (TPSA) is 38.7 Å². The van der Waals surface area contributed by atoms with Gasteiger partial charge in [-0.25, -0.2) is 9.97 Å². The Morgan fingerprint density at radius 3 is 2.43 bits per heavy atom. The maximum absolute atomic E-state index is 4.89. The Labute approximate surface area is 210 Å². The lowest BCUT2D eigenvalue weighted by Crippen LogP contribution is -2.37. The second kappa shape index (κ2) is 8.07. The fraction of sp³-hybridized carbons (Fsp3) is 0.167. The van der Waals surface area contributed by atoms with Crippen LogP contribution in [0.15, 0.2) is 73.1 Å². The lowest BCUT2D eigenvalue weighted by atomic mass is 9.96. The van der Waals surface area contributed by atoms with Gasteiger partial charge in [-0.2, -0.15) is 0 Å². The van der Waals surface area contributed by atoms with Gasteiger partial charge in [-0.1, -0.05) is 61.2 Å². The predicted molar refractivity (Wildman–Crippen MR) is 154 cm³/mol. The Bertz CT molecular complexity index is 1740. The molecular formula is C30H27N3SSi. The van der Waals surface area contributed by atoms with Crippen molar-refractivity contribution in [2.45, 2.75) is 33.5 Å². The molecule has 0 saturated carbocycles. The monoisotopic (exact) mass is 489 g/mol. The van der Waals surface area contributed by atoms with Gasteiger partial charge in [-0.05, 0) is 60.5 Å². The van der Waals surface area contributed by atoms with Crippen molar-refractivity contribution in [3.05, 3.63) is 84.3 Å². The normalized spacial score (nSPS) is 12.1. The van der Waals surface area contributed by atoms with E-state index in [4.69, 9.17) is 15.0 Å². The van der Waals surface area contributed by atoms with Crippen LogP contribution >= 0.6 is 11.3 Å². The summed E-state index contributed by atoms with van der Waals surface area (Å²) in [5, 5.41) is 5.08. The third-order valence-electron chi connectivity index (χ3n) is 6.63. The average molecular weight is 490 g/mol. The SMILES string of the molecule is Cc1cc(C)nc(-c2cc(-c3ncnc4c3sc3cc([Si](C)(C)C)ccc34)cc3ccccc23)c1. The largest absolute Gasteiger partial charge is 0.253 e. The molecule has 0 aliphatic rings. The second-order valence-electron chi connectivity index (χ2n) is 10.4. The van der Waals surface area contributed by atoms with Crippen LogP contribution in [0.1, 0.15) is 11.3 Å². The van der Waals surface area contributed by atoms with Crippen LogP contribution in [0.25, 0.3) is 53.6 Å². The molecule has 0 bridgehead atoms. The van der Waals surface area contributed by atoms with E-state index in [-0.39, 0.29) is 0 Å². The molecule has 3 aromatic carbocycles. The van der Waals surface area contributed by atoms with Gasteiger partial charge in [0.25, 0.3) is 0 Å². The van der Waals surface area contributed by atoms with Gasteiger partial charge < -0.3 is 0 Å². The van der Waals surface area contributed by atoms with Crippen LogP contribution < -0.4 is 5.19 Å². The summed E-state index contributed by atoms with van der Waals surface area (Å²) in [7, 11) is -1.40. The fourth-order valence-corrected chi connectivity index (χ4v) is 7.36. The summed E-state index contributed by atoms with van der Waals surface area (Å²) >= 11 is 1.81. The van der Waals surface area contributed by atoms with Crippen molar-refractivity contribution in [3.8, 4) is 22.5 Å². The molecule has 0 unspecified atom stereocenters. The highest BCUT2D eigenvalue weighted by molar-refractivity contribution is 7.26. The smallest absolute Gasteiger partial charge is 0.116 e. The number of rotatable bonds is 3. The zero-order valence-electron chi connectivity index (χ0n) is 20.7. The lowest BCUT2D eigenvalue weighted by Gasteiger charge is -2.16. The van der Waals surface area contributed by atoms with Crippen molar-refractivity contribution in [3.63, 3.8) is 0 Å². The summed E-state index contributed by atoms with van der Waals surface area (Å²) < 4.78 is 2.43. The Kier molecular flexibility index (Phi) is 5.09. The molecule has 5 heteroatoms. The number of thiophene rings is 1. The summed E-state index contributed by atoms with van der Waals surface area (Å²) in [6.07, 6.45) is 1.71. The fourth-order valence-electron chi connectivity index (χ4n) is 4.89. The van der Waals surface area contributed by atoms with Crippen LogP contribution in [0, 0.1) is 13.8 Å². The highest BCUT2D eigenvalue weighted by atomic mass is 32.1. The molecule has 3 aromatic heterocycles. The van der Waals surface area contributed by atoms with Gasteiger partial charge in [-0.15, -0.1) is 11.3 Å². The first-order chi connectivity index (χ1) is 16.8. The van der Waals surface area contributed by atoms with E-state index in [0.29, 0.717) is 0 Å². The summed E-state index contributed by atoms with van der Waals surface area (Å²) in [6.45, 7) is 11.4. The third-order valence-corrected chi connectivity index (χ3v) is 9.82. The Morgan fingerprint density at radius 1 is 0.800 bits per heavy atom. The van der Waals surface area contributed by atoms with Crippen LogP contribution in [-0.4, -0.2) is 23.0 Å². The molecule has 0 saturated heterocycles. The van der Waals surface area contributed by atoms with E-state index in [1.54, 1.807) is 17.7 Å². The van der Waals surface area contributed by atoms with Crippen molar-refractivity contribution < 1.29 is 0 Å². The van der Waals surface area contributed by atoms with E-state index in [0.717, 1.165) is 38.4 Å². The van der Waals surface area contributed by atoms with E-state index in [1.165, 1.54) is 31.6 Å². The van der Waals surface area contributed by atoms with Crippen molar-refractivity contribution in [1.29, 1.82) is 0 Å². The predicted octanol–water partition coefficient (Wildman–Crippen LogP) is 7.89. The van der Waals surface area contributed by atoms with Crippen LogP contribution in [0.3, 0.4) is 0 Å². The number of aryl methyl sites for hydroxylation is 2. The molecule has 172 valence electrons. The zero-order chi connectivity index (χ0) is 24.3. The van der Waals surface area contributed by atoms with Crippen LogP contribution in [0.5, 0.6) is 0 Å². The van der Waals surface area contributed by atoms with Crippen LogP contribution in [-0.2, 0) is 0 Å². The molecule has 3 heterocycles. The van der Waals surface area contributed by atoms with E-state index in [9.17, 15) is 0 Å². The maximum atomic E-state index is 4.89. The molecule has 0 N–H and O–H groups in total. The van der Waals surface area contributed by atoms with Gasteiger partial charge in [0.2, 0.25) is 0 Å². The lowest BCUT2D eigenvalue weighted by molar-refractivity contribution is 1.18. The molecule has 3 nitrogen and oxygen atoms in total. The number of aromatic nitrogens is 3. The summed E-state index contributed by atoms with van der Waals surface area (Å²) in [5.41, 5.74) is 7.51. The van der Waals surface area contributed by atoms with E-state index in [2.05, 4.69) is 100 Å². The number of fused-ring (bicyclic) bond motifs is 4. The molecule has 0 atom stereocenters. The summed E-state index contributed by atoms with van der Waals surface area (Å²) in [4.78, 5) is 14.4. The van der Waals surface area contributed by atoms with Crippen molar-refractivity contribution in [2.24, 2.45) is 0 Å². The Balaban J connectivity index is 1.63. The molecule has 0 aliphatic carbocycles. The first-order valence-corrected chi connectivity index (χ1v) is 16.3. The standard InChI is InChI=1S/C30H27N3SSi/c1-18-12-19(2)33-26(13-18)25-15-21(14-20-8-6-7-9-23(20)25)28-30-29(32-17-31-28)24-11-10-22(35(3,4)5)16-27(24)34-30/h6-17H,1-5H3. The molecular weight excluding hydrogens is 463 g/mol. The molecule has 6 aromatic rings. The molecule has 0 aliphatic heterocycles.